The van der Waals surface area contributed by atoms with E-state index in [4.69, 9.17) is 0 Å². The minimum atomic E-state index is 0. The number of benzene rings is 1. The summed E-state index contributed by atoms with van der Waals surface area (Å²) < 4.78 is 0. The van der Waals surface area contributed by atoms with Crippen molar-refractivity contribution in [3.8, 4) is 0 Å². The van der Waals surface area contributed by atoms with Crippen molar-refractivity contribution in [3.05, 3.63) is 55.8 Å². The maximum atomic E-state index is 2.39. The second kappa shape index (κ2) is 7.97. The summed E-state index contributed by atoms with van der Waals surface area (Å²) in [5, 5.41) is 2.85. The molecule has 0 heterocycles. The molecule has 0 nitrogen and oxygen atoms in total. The second-order valence-electron chi connectivity index (χ2n) is 5.46. The Labute approximate surface area is 134 Å². The zero-order chi connectivity index (χ0) is 11.9. The second-order valence-corrected chi connectivity index (χ2v) is 5.46. The van der Waals surface area contributed by atoms with Gasteiger partial charge in [0.05, 0.1) is 0 Å². The van der Waals surface area contributed by atoms with Crippen LogP contribution >= 0.6 is 0 Å². The largest absolute Gasteiger partial charge is 3.00 e. The topological polar surface area (TPSA) is 0 Å². The van der Waals surface area contributed by atoms with Crippen molar-refractivity contribution in [2.24, 2.45) is 0 Å². The van der Waals surface area contributed by atoms with E-state index < -0.39 is 0 Å². The molecule has 0 aliphatic rings. The van der Waals surface area contributed by atoms with Gasteiger partial charge in [0, 0.05) is 0 Å². The molecule has 0 aromatic heterocycles. The minimum absolute atomic E-state index is 0. The van der Waals surface area contributed by atoms with Gasteiger partial charge in [0.15, 0.2) is 0 Å². The summed E-state index contributed by atoms with van der Waals surface area (Å²) in [5.41, 5.74) is 4.33. The molecule has 0 aliphatic heterocycles. The van der Waals surface area contributed by atoms with E-state index >= 15 is 0 Å². The van der Waals surface area contributed by atoms with Gasteiger partial charge >= 0.3 is 21.7 Å². The summed E-state index contributed by atoms with van der Waals surface area (Å²) in [4.78, 5) is 0. The van der Waals surface area contributed by atoms with Crippen LogP contribution in [0.5, 0.6) is 0 Å². The third-order valence-corrected chi connectivity index (χ3v) is 3.31. The third kappa shape index (κ3) is 4.26. The van der Waals surface area contributed by atoms with E-state index in [-0.39, 0.29) is 36.6 Å². The van der Waals surface area contributed by atoms with Gasteiger partial charge in [0.25, 0.3) is 0 Å². The Morgan fingerprint density at radius 2 is 1.47 bits per heavy atom. The quantitative estimate of drug-likeness (QED) is 0.469. The van der Waals surface area contributed by atoms with Gasteiger partial charge in [0.1, 0.15) is 0 Å². The fraction of sp³-hybridized carbons (Fsp3) is 0.389. The Morgan fingerprint density at radius 3 is 1.95 bits per heavy atom. The van der Waals surface area contributed by atoms with Crippen LogP contribution in [-0.4, -0.2) is 0 Å². The maximum absolute atomic E-state index is 2.39. The predicted molar refractivity (Wildman–Crippen MR) is 85.3 cm³/mol. The van der Waals surface area contributed by atoms with Gasteiger partial charge in [0.2, 0.25) is 0 Å². The van der Waals surface area contributed by atoms with Crippen LogP contribution in [0.15, 0.2) is 24.3 Å². The SMILES string of the molecule is Cc1cc2c(C(C)C)cc(C(C)C)cc2[cH-]1.[CH3-].[CH3-].[Ti+3]. The average molecular weight is 291 g/mol. The Kier molecular flexibility index (Phi) is 8.75. The minimum Gasteiger partial charge on any atom is -0.358 e. The molecule has 19 heavy (non-hydrogen) atoms. The monoisotopic (exact) mass is 291 g/mol. The molecule has 0 saturated carbocycles. The van der Waals surface area contributed by atoms with Gasteiger partial charge in [-0.15, -0.1) is 28.5 Å². The molecule has 0 amide bonds. The predicted octanol–water partition coefficient (Wildman–Crippen LogP) is 6.01. The van der Waals surface area contributed by atoms with Crippen LogP contribution in [0, 0.1) is 21.8 Å². The van der Waals surface area contributed by atoms with Crippen LogP contribution in [0.4, 0.5) is 0 Å². The number of aryl methyl sites for hydroxylation is 1. The van der Waals surface area contributed by atoms with E-state index in [9.17, 15) is 0 Å². The maximum Gasteiger partial charge on any atom is 3.00 e. The molecule has 0 saturated heterocycles. The summed E-state index contributed by atoms with van der Waals surface area (Å²) in [5.74, 6) is 1.21. The van der Waals surface area contributed by atoms with Crippen molar-refractivity contribution in [1.29, 1.82) is 0 Å². The van der Waals surface area contributed by atoms with Crippen molar-refractivity contribution in [2.75, 3.05) is 0 Å². The first-order chi connectivity index (χ1) is 7.49. The molecular weight excluding hydrogens is 264 g/mol. The number of hydrogen-bond donors (Lipinski definition) is 0. The van der Waals surface area contributed by atoms with Crippen LogP contribution in [0.25, 0.3) is 10.8 Å². The Hall–Kier alpha value is -0.456. The smallest absolute Gasteiger partial charge is 0.358 e. The molecular formula is C18H27Ti. The number of fused-ring (bicyclic) bond motifs is 1. The molecule has 0 aliphatic carbocycles. The van der Waals surface area contributed by atoms with Crippen molar-refractivity contribution in [1.82, 2.24) is 0 Å². The number of rotatable bonds is 2. The zero-order valence-corrected chi connectivity index (χ0v) is 15.0. The molecule has 2 rings (SSSR count). The molecule has 1 heteroatoms. The Morgan fingerprint density at radius 1 is 0.895 bits per heavy atom. The van der Waals surface area contributed by atoms with Gasteiger partial charge in [-0.05, 0) is 11.8 Å². The first kappa shape index (κ1) is 20.9. The van der Waals surface area contributed by atoms with Crippen molar-refractivity contribution in [3.63, 3.8) is 0 Å². The summed E-state index contributed by atoms with van der Waals surface area (Å²) in [6.45, 7) is 11.3. The van der Waals surface area contributed by atoms with Gasteiger partial charge in [-0.1, -0.05) is 51.8 Å². The molecule has 0 unspecified atom stereocenters. The fourth-order valence-corrected chi connectivity index (χ4v) is 2.33. The van der Waals surface area contributed by atoms with Gasteiger partial charge < -0.3 is 14.9 Å². The van der Waals surface area contributed by atoms with E-state index in [1.165, 1.54) is 27.5 Å². The van der Waals surface area contributed by atoms with Gasteiger partial charge in [-0.25, -0.2) is 0 Å². The summed E-state index contributed by atoms with van der Waals surface area (Å²) in [6, 6.07) is 9.35. The van der Waals surface area contributed by atoms with Crippen LogP contribution < -0.4 is 0 Å². The standard InChI is InChI=1S/C16H21.2CH3.Ti/c1-10(2)13-8-14-6-12(5)7-16(14)15(9-13)11(3)4;;;/h6-11H,1-5H3;2*1H3;/q3*-1;+3. The van der Waals surface area contributed by atoms with Crippen LogP contribution in [0.3, 0.4) is 0 Å². The first-order valence-electron chi connectivity index (χ1n) is 6.20. The Balaban J connectivity index is 0. The molecule has 0 fully saturated rings. The van der Waals surface area contributed by atoms with Gasteiger partial charge in [-0.2, -0.15) is 6.07 Å². The van der Waals surface area contributed by atoms with Crippen molar-refractivity contribution in [2.45, 2.75) is 46.5 Å². The molecule has 0 spiro atoms. The molecule has 1 radical (unpaired) electrons. The zero-order valence-electron chi connectivity index (χ0n) is 13.5. The summed E-state index contributed by atoms with van der Waals surface area (Å²) in [7, 11) is 0. The summed E-state index contributed by atoms with van der Waals surface area (Å²) >= 11 is 0. The number of hydrogen-bond acceptors (Lipinski definition) is 0. The molecule has 0 bridgehead atoms. The average Bonchev–Trinajstić information content (AvgIpc) is 2.55. The van der Waals surface area contributed by atoms with Crippen LogP contribution in [0.1, 0.15) is 56.2 Å². The van der Waals surface area contributed by atoms with Crippen molar-refractivity contribution >= 4 is 10.8 Å². The Bertz CT molecular complexity index is 504. The molecule has 0 atom stereocenters. The van der Waals surface area contributed by atoms with E-state index in [2.05, 4.69) is 58.9 Å². The molecule has 2 aromatic rings. The normalized spacial score (nSPS) is 10.1. The van der Waals surface area contributed by atoms with Gasteiger partial charge in [-0.3, -0.25) is 0 Å². The van der Waals surface area contributed by atoms with E-state index in [1.807, 2.05) is 0 Å². The summed E-state index contributed by atoms with van der Waals surface area (Å²) in [6.07, 6.45) is 0. The van der Waals surface area contributed by atoms with Crippen molar-refractivity contribution < 1.29 is 21.7 Å². The third-order valence-electron chi connectivity index (χ3n) is 3.31. The van der Waals surface area contributed by atoms with Crippen LogP contribution in [0.2, 0.25) is 0 Å². The first-order valence-corrected chi connectivity index (χ1v) is 6.20. The molecule has 103 valence electrons. The fourth-order valence-electron chi connectivity index (χ4n) is 2.33. The molecule has 2 aromatic carbocycles. The van der Waals surface area contributed by atoms with E-state index in [0.29, 0.717) is 11.8 Å². The van der Waals surface area contributed by atoms with Crippen LogP contribution in [-0.2, 0) is 21.7 Å². The van der Waals surface area contributed by atoms with E-state index in [1.54, 1.807) is 0 Å². The molecule has 0 N–H and O–H groups in total. The van der Waals surface area contributed by atoms with E-state index in [0.717, 1.165) is 0 Å².